The second kappa shape index (κ2) is 6.34. The maximum Gasteiger partial charge on any atom is 0.141 e. The number of halogens is 1. The third kappa shape index (κ3) is 2.88. The summed E-state index contributed by atoms with van der Waals surface area (Å²) < 4.78 is 13.6. The second-order valence-corrected chi connectivity index (χ2v) is 4.94. The molecular formula is C18H18FN. The molecule has 0 aromatic heterocycles. The van der Waals surface area contributed by atoms with Gasteiger partial charge in [-0.2, -0.15) is 5.26 Å². The Morgan fingerprint density at radius 3 is 2.10 bits per heavy atom. The molecule has 0 radical (unpaired) electrons. The first-order valence-electron chi connectivity index (χ1n) is 6.99. The number of hydrogen-bond acceptors (Lipinski definition) is 1. The quantitative estimate of drug-likeness (QED) is 0.740. The van der Waals surface area contributed by atoms with Crippen LogP contribution in [0.4, 0.5) is 4.39 Å². The smallest absolute Gasteiger partial charge is 0.141 e. The van der Waals surface area contributed by atoms with Crippen molar-refractivity contribution in [2.75, 3.05) is 0 Å². The third-order valence-electron chi connectivity index (χ3n) is 3.79. The molecule has 2 heteroatoms. The van der Waals surface area contributed by atoms with Crippen LogP contribution in [-0.2, 0) is 0 Å². The molecule has 2 aromatic rings. The van der Waals surface area contributed by atoms with Crippen LogP contribution in [0.25, 0.3) is 11.1 Å². The van der Waals surface area contributed by atoms with Crippen molar-refractivity contribution in [2.45, 2.75) is 32.6 Å². The molecule has 1 nitrogen and oxygen atoms in total. The van der Waals surface area contributed by atoms with Gasteiger partial charge in [-0.15, -0.1) is 0 Å². The number of hydrogen-bond donors (Lipinski definition) is 0. The molecule has 0 heterocycles. The molecule has 0 fully saturated rings. The zero-order chi connectivity index (χ0) is 14.5. The molecule has 0 aliphatic rings. The van der Waals surface area contributed by atoms with Crippen molar-refractivity contribution in [2.24, 2.45) is 0 Å². The predicted octanol–water partition coefficient (Wildman–Crippen LogP) is 5.27. The summed E-state index contributed by atoms with van der Waals surface area (Å²) in [5.41, 5.74) is 3.19. The van der Waals surface area contributed by atoms with E-state index in [-0.39, 0.29) is 5.56 Å². The molecule has 0 N–H and O–H groups in total. The minimum Gasteiger partial charge on any atom is -0.206 e. The minimum atomic E-state index is -0.464. The van der Waals surface area contributed by atoms with Crippen LogP contribution in [0.15, 0.2) is 42.5 Å². The molecule has 0 aliphatic carbocycles. The lowest BCUT2D eigenvalue weighted by molar-refractivity contribution is 0.624. The van der Waals surface area contributed by atoms with Gasteiger partial charge in [0.05, 0.1) is 5.56 Å². The first-order valence-corrected chi connectivity index (χ1v) is 6.99. The fourth-order valence-electron chi connectivity index (χ4n) is 2.49. The van der Waals surface area contributed by atoms with Crippen LogP contribution in [0.1, 0.15) is 43.7 Å². The summed E-state index contributed by atoms with van der Waals surface area (Å²) in [7, 11) is 0. The molecule has 0 amide bonds. The van der Waals surface area contributed by atoms with Gasteiger partial charge in [0.2, 0.25) is 0 Å². The van der Waals surface area contributed by atoms with E-state index in [1.807, 2.05) is 18.2 Å². The van der Waals surface area contributed by atoms with Gasteiger partial charge in [0, 0.05) is 0 Å². The minimum absolute atomic E-state index is 0.0856. The van der Waals surface area contributed by atoms with Crippen molar-refractivity contribution >= 4 is 0 Å². The molecule has 20 heavy (non-hydrogen) atoms. The SMILES string of the molecule is CCC(CC)c1ccc(-c2ccc(C#N)c(F)c2)cc1. The summed E-state index contributed by atoms with van der Waals surface area (Å²) in [5.74, 6) is 0.121. The average Bonchev–Trinajstić information content (AvgIpc) is 2.49. The van der Waals surface area contributed by atoms with Gasteiger partial charge in [-0.1, -0.05) is 44.2 Å². The van der Waals surface area contributed by atoms with Crippen molar-refractivity contribution in [3.8, 4) is 17.2 Å². The van der Waals surface area contributed by atoms with Crippen molar-refractivity contribution in [1.29, 1.82) is 5.26 Å². The highest BCUT2D eigenvalue weighted by Crippen LogP contribution is 2.27. The van der Waals surface area contributed by atoms with Gasteiger partial charge in [0.25, 0.3) is 0 Å². The summed E-state index contributed by atoms with van der Waals surface area (Å²) in [6.07, 6.45) is 2.25. The van der Waals surface area contributed by atoms with E-state index in [4.69, 9.17) is 5.26 Å². The fourth-order valence-corrected chi connectivity index (χ4v) is 2.49. The number of nitrogens with zero attached hydrogens (tertiary/aromatic N) is 1. The van der Waals surface area contributed by atoms with E-state index in [1.54, 1.807) is 6.07 Å². The fraction of sp³-hybridized carbons (Fsp3) is 0.278. The van der Waals surface area contributed by atoms with Crippen molar-refractivity contribution in [1.82, 2.24) is 0 Å². The van der Waals surface area contributed by atoms with Crippen LogP contribution in [0, 0.1) is 17.1 Å². The summed E-state index contributed by atoms with van der Waals surface area (Å²) in [6.45, 7) is 4.39. The second-order valence-electron chi connectivity index (χ2n) is 4.94. The Morgan fingerprint density at radius 1 is 1.00 bits per heavy atom. The average molecular weight is 267 g/mol. The standard InChI is InChI=1S/C18H18FN/c1-3-13(4-2)14-5-7-15(8-6-14)16-9-10-17(12-20)18(19)11-16/h5-11,13H,3-4H2,1-2H3. The van der Waals surface area contributed by atoms with Gasteiger partial charge in [0.15, 0.2) is 0 Å². The summed E-state index contributed by atoms with van der Waals surface area (Å²) in [5, 5.41) is 8.74. The number of benzene rings is 2. The first kappa shape index (κ1) is 14.3. The molecule has 0 spiro atoms. The van der Waals surface area contributed by atoms with E-state index in [0.29, 0.717) is 5.92 Å². The van der Waals surface area contributed by atoms with Gasteiger partial charge >= 0.3 is 0 Å². The molecule has 0 bridgehead atoms. The van der Waals surface area contributed by atoms with Crippen molar-refractivity contribution in [3.05, 3.63) is 59.4 Å². The number of nitriles is 1. The molecule has 0 saturated carbocycles. The van der Waals surface area contributed by atoms with Crippen LogP contribution in [0.2, 0.25) is 0 Å². The third-order valence-corrected chi connectivity index (χ3v) is 3.79. The van der Waals surface area contributed by atoms with Gasteiger partial charge in [-0.3, -0.25) is 0 Å². The molecular weight excluding hydrogens is 249 g/mol. The van der Waals surface area contributed by atoms with Gasteiger partial charge < -0.3 is 0 Å². The van der Waals surface area contributed by atoms with Crippen LogP contribution in [-0.4, -0.2) is 0 Å². The van der Waals surface area contributed by atoms with E-state index in [2.05, 4.69) is 26.0 Å². The Morgan fingerprint density at radius 2 is 1.60 bits per heavy atom. The highest BCUT2D eigenvalue weighted by Gasteiger charge is 2.08. The summed E-state index contributed by atoms with van der Waals surface area (Å²) >= 11 is 0. The molecule has 102 valence electrons. The lowest BCUT2D eigenvalue weighted by Crippen LogP contribution is -1.95. The highest BCUT2D eigenvalue weighted by atomic mass is 19.1. The molecule has 0 aliphatic heterocycles. The van der Waals surface area contributed by atoms with Crippen molar-refractivity contribution in [3.63, 3.8) is 0 Å². The first-order chi connectivity index (χ1) is 9.69. The summed E-state index contributed by atoms with van der Waals surface area (Å²) in [6, 6.07) is 14.8. The zero-order valence-corrected chi connectivity index (χ0v) is 11.9. The van der Waals surface area contributed by atoms with Gasteiger partial charge in [0.1, 0.15) is 11.9 Å². The van der Waals surface area contributed by atoms with Crippen LogP contribution >= 0.6 is 0 Å². The highest BCUT2D eigenvalue weighted by molar-refractivity contribution is 5.64. The topological polar surface area (TPSA) is 23.8 Å². The van der Waals surface area contributed by atoms with Gasteiger partial charge in [-0.25, -0.2) is 4.39 Å². The zero-order valence-electron chi connectivity index (χ0n) is 11.9. The Bertz CT molecular complexity index is 619. The van der Waals surface area contributed by atoms with Crippen LogP contribution in [0.5, 0.6) is 0 Å². The molecule has 0 saturated heterocycles. The van der Waals surface area contributed by atoms with E-state index in [0.717, 1.165) is 24.0 Å². The van der Waals surface area contributed by atoms with E-state index in [9.17, 15) is 4.39 Å². The number of rotatable bonds is 4. The van der Waals surface area contributed by atoms with E-state index >= 15 is 0 Å². The maximum absolute atomic E-state index is 13.6. The van der Waals surface area contributed by atoms with Crippen LogP contribution < -0.4 is 0 Å². The summed E-state index contributed by atoms with van der Waals surface area (Å²) in [4.78, 5) is 0. The predicted molar refractivity (Wildman–Crippen MR) is 79.9 cm³/mol. The lowest BCUT2D eigenvalue weighted by Gasteiger charge is -2.13. The Labute approximate surface area is 119 Å². The van der Waals surface area contributed by atoms with Crippen molar-refractivity contribution < 1.29 is 4.39 Å². The van der Waals surface area contributed by atoms with Gasteiger partial charge in [-0.05, 0) is 47.6 Å². The maximum atomic E-state index is 13.6. The lowest BCUT2D eigenvalue weighted by atomic mass is 9.92. The Kier molecular flexibility index (Phi) is 4.53. The Hall–Kier alpha value is -2.14. The molecule has 2 rings (SSSR count). The Balaban J connectivity index is 2.31. The monoisotopic (exact) mass is 267 g/mol. The van der Waals surface area contributed by atoms with E-state index < -0.39 is 5.82 Å². The molecule has 0 unspecified atom stereocenters. The van der Waals surface area contributed by atoms with Crippen LogP contribution in [0.3, 0.4) is 0 Å². The largest absolute Gasteiger partial charge is 0.206 e. The van der Waals surface area contributed by atoms with E-state index in [1.165, 1.54) is 17.7 Å². The normalized spacial score (nSPS) is 10.6. The molecule has 2 aromatic carbocycles. The molecule has 0 atom stereocenters.